The number of carbonyl (C=O) groups excluding carboxylic acids is 1. The van der Waals surface area contributed by atoms with Crippen LogP contribution in [-0.4, -0.2) is 12.5 Å². The number of nitrogens with zero attached hydrogens (tertiary/aromatic N) is 2. The van der Waals surface area contributed by atoms with Crippen LogP contribution in [0.3, 0.4) is 0 Å². The molecule has 48 valence electrons. The third-order valence-electron chi connectivity index (χ3n) is 1.19. The lowest BCUT2D eigenvalue weighted by atomic mass is 10.2. The van der Waals surface area contributed by atoms with Crippen molar-refractivity contribution in [2.45, 2.75) is 6.92 Å². The molecule has 1 amide bonds. The Hall–Kier alpha value is -1.03. The zero-order valence-electron chi connectivity index (χ0n) is 5.09. The van der Waals surface area contributed by atoms with Crippen LogP contribution in [0.2, 0.25) is 0 Å². The Morgan fingerprint density at radius 2 is 2.22 bits per heavy atom. The Balaban J connectivity index is 2.92. The van der Waals surface area contributed by atoms with Gasteiger partial charge in [0.05, 0.1) is 11.3 Å². The number of hydrogen-bond donors (Lipinski definition) is 1. The molecule has 2 N–H and O–H groups in total. The predicted octanol–water partition coefficient (Wildman–Crippen LogP) is 0.211. The molecule has 0 saturated carbocycles. The molecule has 0 spiro atoms. The zero-order valence-corrected chi connectivity index (χ0v) is 5.09. The van der Waals surface area contributed by atoms with Gasteiger partial charge in [0.25, 0.3) is 5.91 Å². The van der Waals surface area contributed by atoms with Gasteiger partial charge in [-0.05, 0) is 6.92 Å². The Bertz CT molecular complexity index is 204. The molecule has 9 heavy (non-hydrogen) atoms. The molecular weight excluding hydrogens is 118 g/mol. The maximum absolute atomic E-state index is 10.6. The van der Waals surface area contributed by atoms with Gasteiger partial charge in [-0.3, -0.25) is 4.79 Å². The summed E-state index contributed by atoms with van der Waals surface area (Å²) in [6, 6.07) is 0. The molecule has 0 aromatic rings. The van der Waals surface area contributed by atoms with Crippen molar-refractivity contribution in [1.82, 2.24) is 0 Å². The van der Waals surface area contributed by atoms with E-state index >= 15 is 0 Å². The molecule has 4 heteroatoms. The van der Waals surface area contributed by atoms with Crippen LogP contribution in [0.15, 0.2) is 21.5 Å². The number of amides is 1. The SMILES string of the molecule is CC1=C(CN)C(=O)N=N1. The molecule has 0 fully saturated rings. The highest BCUT2D eigenvalue weighted by molar-refractivity contribution is 5.96. The van der Waals surface area contributed by atoms with Crippen molar-refractivity contribution < 1.29 is 4.79 Å². The highest BCUT2D eigenvalue weighted by Gasteiger charge is 2.15. The van der Waals surface area contributed by atoms with Gasteiger partial charge in [-0.1, -0.05) is 0 Å². The second-order valence-corrected chi connectivity index (χ2v) is 1.77. The average molecular weight is 125 g/mol. The summed E-state index contributed by atoms with van der Waals surface area (Å²) < 4.78 is 0. The van der Waals surface area contributed by atoms with E-state index in [0.717, 1.165) is 0 Å². The molecule has 0 saturated heterocycles. The second-order valence-electron chi connectivity index (χ2n) is 1.77. The third kappa shape index (κ3) is 0.882. The van der Waals surface area contributed by atoms with Gasteiger partial charge < -0.3 is 5.73 Å². The smallest absolute Gasteiger partial charge is 0.294 e. The van der Waals surface area contributed by atoms with E-state index in [1.54, 1.807) is 6.92 Å². The summed E-state index contributed by atoms with van der Waals surface area (Å²) >= 11 is 0. The van der Waals surface area contributed by atoms with Crippen molar-refractivity contribution in [2.75, 3.05) is 6.54 Å². The summed E-state index contributed by atoms with van der Waals surface area (Å²) in [7, 11) is 0. The first-order valence-corrected chi connectivity index (χ1v) is 2.61. The topological polar surface area (TPSA) is 67.8 Å². The molecule has 4 nitrogen and oxygen atoms in total. The minimum atomic E-state index is -0.296. The largest absolute Gasteiger partial charge is 0.326 e. The van der Waals surface area contributed by atoms with Gasteiger partial charge in [0.15, 0.2) is 0 Å². The van der Waals surface area contributed by atoms with Crippen LogP contribution in [0.25, 0.3) is 0 Å². The summed E-state index contributed by atoms with van der Waals surface area (Å²) in [4.78, 5) is 10.6. The molecule has 0 aliphatic carbocycles. The molecule has 0 unspecified atom stereocenters. The molecule has 0 bridgehead atoms. The number of carbonyl (C=O) groups is 1. The van der Waals surface area contributed by atoms with Gasteiger partial charge in [-0.2, -0.15) is 5.11 Å². The monoisotopic (exact) mass is 125 g/mol. The predicted molar refractivity (Wildman–Crippen MR) is 31.6 cm³/mol. The second kappa shape index (κ2) is 2.06. The van der Waals surface area contributed by atoms with Crippen LogP contribution in [0.4, 0.5) is 0 Å². The van der Waals surface area contributed by atoms with Crippen molar-refractivity contribution in [2.24, 2.45) is 16.0 Å². The van der Waals surface area contributed by atoms with Gasteiger partial charge in [0, 0.05) is 6.54 Å². The van der Waals surface area contributed by atoms with Crippen LogP contribution in [-0.2, 0) is 4.79 Å². The first kappa shape index (κ1) is 6.10. The van der Waals surface area contributed by atoms with E-state index in [0.29, 0.717) is 11.3 Å². The first-order chi connectivity index (χ1) is 4.25. The Labute approximate surface area is 52.5 Å². The Kier molecular flexibility index (Phi) is 1.40. The molecule has 0 aromatic heterocycles. The molecule has 0 atom stereocenters. The fourth-order valence-electron chi connectivity index (χ4n) is 0.631. The summed E-state index contributed by atoms with van der Waals surface area (Å²) in [6.07, 6.45) is 0. The quantitative estimate of drug-likeness (QED) is 0.544. The van der Waals surface area contributed by atoms with E-state index in [-0.39, 0.29) is 12.5 Å². The zero-order chi connectivity index (χ0) is 6.85. The lowest BCUT2D eigenvalue weighted by Gasteiger charge is -1.89. The van der Waals surface area contributed by atoms with Crippen molar-refractivity contribution in [3.05, 3.63) is 11.3 Å². The lowest BCUT2D eigenvalue weighted by Crippen LogP contribution is -2.09. The summed E-state index contributed by atoms with van der Waals surface area (Å²) in [6.45, 7) is 1.95. The molecule has 1 aliphatic heterocycles. The van der Waals surface area contributed by atoms with Gasteiger partial charge in [0.1, 0.15) is 0 Å². The minimum Gasteiger partial charge on any atom is -0.326 e. The van der Waals surface area contributed by atoms with Gasteiger partial charge in [-0.25, -0.2) is 0 Å². The van der Waals surface area contributed by atoms with Gasteiger partial charge in [-0.15, -0.1) is 5.11 Å². The number of nitrogens with two attached hydrogens (primary N) is 1. The molecule has 0 radical (unpaired) electrons. The van der Waals surface area contributed by atoms with Crippen molar-refractivity contribution in [3.8, 4) is 0 Å². The van der Waals surface area contributed by atoms with E-state index in [1.807, 2.05) is 0 Å². The van der Waals surface area contributed by atoms with Gasteiger partial charge >= 0.3 is 0 Å². The third-order valence-corrected chi connectivity index (χ3v) is 1.19. The fraction of sp³-hybridized carbons (Fsp3) is 0.400. The molecule has 1 heterocycles. The van der Waals surface area contributed by atoms with Crippen molar-refractivity contribution >= 4 is 5.91 Å². The summed E-state index contributed by atoms with van der Waals surface area (Å²) in [5.74, 6) is -0.296. The van der Waals surface area contributed by atoms with Gasteiger partial charge in [0.2, 0.25) is 0 Å². The molecular formula is C5H7N3O. The van der Waals surface area contributed by atoms with Crippen LogP contribution >= 0.6 is 0 Å². The van der Waals surface area contributed by atoms with Crippen LogP contribution in [0.5, 0.6) is 0 Å². The molecule has 0 aromatic carbocycles. The maximum atomic E-state index is 10.6. The fourth-order valence-corrected chi connectivity index (χ4v) is 0.631. The van der Waals surface area contributed by atoms with Crippen LogP contribution < -0.4 is 5.73 Å². The van der Waals surface area contributed by atoms with E-state index in [4.69, 9.17) is 5.73 Å². The number of allylic oxidation sites excluding steroid dienone is 1. The van der Waals surface area contributed by atoms with E-state index in [1.165, 1.54) is 0 Å². The van der Waals surface area contributed by atoms with Crippen molar-refractivity contribution in [3.63, 3.8) is 0 Å². The average Bonchev–Trinajstić information content (AvgIpc) is 2.12. The van der Waals surface area contributed by atoms with E-state index in [2.05, 4.69) is 10.2 Å². The maximum Gasteiger partial charge on any atom is 0.294 e. The number of rotatable bonds is 1. The summed E-state index contributed by atoms with van der Waals surface area (Å²) in [5.41, 5.74) is 6.38. The van der Waals surface area contributed by atoms with E-state index in [9.17, 15) is 4.79 Å². The van der Waals surface area contributed by atoms with Crippen molar-refractivity contribution in [1.29, 1.82) is 0 Å². The van der Waals surface area contributed by atoms with E-state index < -0.39 is 0 Å². The molecule has 1 aliphatic rings. The first-order valence-electron chi connectivity index (χ1n) is 2.61. The summed E-state index contributed by atoms with van der Waals surface area (Å²) in [5, 5.41) is 6.85. The molecule has 1 rings (SSSR count). The Morgan fingerprint density at radius 3 is 2.44 bits per heavy atom. The number of azo groups is 1. The Morgan fingerprint density at radius 1 is 1.56 bits per heavy atom. The minimum absolute atomic E-state index is 0.234. The number of hydrogen-bond acceptors (Lipinski definition) is 3. The van der Waals surface area contributed by atoms with Crippen LogP contribution in [0, 0.1) is 0 Å². The highest BCUT2D eigenvalue weighted by atomic mass is 16.2. The van der Waals surface area contributed by atoms with Crippen LogP contribution in [0.1, 0.15) is 6.92 Å². The normalized spacial score (nSPS) is 17.8. The highest BCUT2D eigenvalue weighted by Crippen LogP contribution is 2.13. The standard InChI is InChI=1S/C5H7N3O/c1-3-4(2-6)5(9)8-7-3/h2,6H2,1H3. The lowest BCUT2D eigenvalue weighted by molar-refractivity contribution is -0.114.